The van der Waals surface area contributed by atoms with Crippen molar-refractivity contribution in [2.75, 3.05) is 5.32 Å². The van der Waals surface area contributed by atoms with Crippen molar-refractivity contribution in [2.45, 2.75) is 37.8 Å². The van der Waals surface area contributed by atoms with Crippen LogP contribution in [0.4, 0.5) is 5.82 Å². The first-order chi connectivity index (χ1) is 12.1. The molecule has 0 unspecified atom stereocenters. The fraction of sp³-hybridized carbons (Fsp3) is 0.353. The molecule has 0 spiro atoms. The van der Waals surface area contributed by atoms with Crippen molar-refractivity contribution >= 4 is 23.1 Å². The van der Waals surface area contributed by atoms with Gasteiger partial charge in [0.15, 0.2) is 17.3 Å². The molecule has 2 aromatic heterocycles. The molecule has 7 nitrogen and oxygen atoms in total. The zero-order valence-electron chi connectivity index (χ0n) is 13.4. The Hall–Kier alpha value is -2.38. The second-order valence-electron chi connectivity index (χ2n) is 6.32. The number of hydrogen-bond acceptors (Lipinski definition) is 6. The van der Waals surface area contributed by atoms with Crippen molar-refractivity contribution < 1.29 is 10.2 Å². The van der Waals surface area contributed by atoms with E-state index in [1.807, 2.05) is 0 Å². The molecule has 3 N–H and O–H groups in total. The number of aromatic hydroxyl groups is 1. The zero-order chi connectivity index (χ0) is 17.4. The normalized spacial score (nSPS) is 20.7. The van der Waals surface area contributed by atoms with Crippen LogP contribution < -0.4 is 5.32 Å². The van der Waals surface area contributed by atoms with Gasteiger partial charge in [-0.25, -0.2) is 4.98 Å². The zero-order valence-corrected chi connectivity index (χ0v) is 14.2. The Labute approximate surface area is 149 Å². The fourth-order valence-corrected chi connectivity index (χ4v) is 3.47. The molecule has 2 atom stereocenters. The lowest BCUT2D eigenvalue weighted by atomic mass is 9.93. The van der Waals surface area contributed by atoms with Crippen LogP contribution in [0.5, 0.6) is 5.75 Å². The van der Waals surface area contributed by atoms with E-state index in [-0.39, 0.29) is 17.9 Å². The van der Waals surface area contributed by atoms with E-state index in [9.17, 15) is 10.2 Å². The molecule has 3 aromatic rings. The number of aliphatic hydroxyl groups is 1. The first-order valence-electron chi connectivity index (χ1n) is 8.25. The van der Waals surface area contributed by atoms with Crippen LogP contribution in [0.15, 0.2) is 30.6 Å². The van der Waals surface area contributed by atoms with Crippen molar-refractivity contribution in [3.05, 3.63) is 35.6 Å². The second kappa shape index (κ2) is 6.50. The number of phenolic OH excluding ortho intramolecular Hbond substituents is 1. The van der Waals surface area contributed by atoms with Crippen molar-refractivity contribution in [3.8, 4) is 17.1 Å². The summed E-state index contributed by atoms with van der Waals surface area (Å²) < 4.78 is 1.78. The summed E-state index contributed by atoms with van der Waals surface area (Å²) in [5, 5.41) is 32.3. The van der Waals surface area contributed by atoms with Crippen LogP contribution in [-0.4, -0.2) is 41.9 Å². The fourth-order valence-electron chi connectivity index (χ4n) is 3.30. The highest BCUT2D eigenvalue weighted by atomic mass is 35.5. The lowest BCUT2D eigenvalue weighted by Crippen LogP contribution is -2.30. The highest BCUT2D eigenvalue weighted by molar-refractivity contribution is 6.30. The molecule has 0 radical (unpaired) electrons. The van der Waals surface area contributed by atoms with Gasteiger partial charge in [-0.1, -0.05) is 11.6 Å². The quantitative estimate of drug-likeness (QED) is 0.665. The van der Waals surface area contributed by atoms with E-state index < -0.39 is 0 Å². The summed E-state index contributed by atoms with van der Waals surface area (Å²) in [5.41, 5.74) is 1.15. The van der Waals surface area contributed by atoms with Gasteiger partial charge in [0.05, 0.1) is 11.7 Å². The van der Waals surface area contributed by atoms with E-state index in [2.05, 4.69) is 20.5 Å². The maximum Gasteiger partial charge on any atom is 0.192 e. The van der Waals surface area contributed by atoms with Gasteiger partial charge in [-0.05, 0) is 43.9 Å². The van der Waals surface area contributed by atoms with Crippen molar-refractivity contribution in [2.24, 2.45) is 0 Å². The maximum absolute atomic E-state index is 10.2. The molecule has 1 fully saturated rings. The Morgan fingerprint density at radius 3 is 2.92 bits per heavy atom. The van der Waals surface area contributed by atoms with Gasteiger partial charge in [0.1, 0.15) is 5.75 Å². The summed E-state index contributed by atoms with van der Waals surface area (Å²) in [6.07, 6.45) is 6.65. The average Bonchev–Trinajstić information content (AvgIpc) is 3.06. The lowest BCUT2D eigenvalue weighted by molar-refractivity contribution is 0.124. The third-order valence-electron chi connectivity index (χ3n) is 4.51. The van der Waals surface area contributed by atoms with Crippen LogP contribution in [0.25, 0.3) is 17.0 Å². The first kappa shape index (κ1) is 16.1. The largest absolute Gasteiger partial charge is 0.507 e. The predicted molar refractivity (Wildman–Crippen MR) is 94.8 cm³/mol. The van der Waals surface area contributed by atoms with E-state index in [1.165, 1.54) is 6.07 Å². The molecule has 1 aliphatic rings. The van der Waals surface area contributed by atoms with Gasteiger partial charge >= 0.3 is 0 Å². The van der Waals surface area contributed by atoms with Gasteiger partial charge in [0, 0.05) is 23.5 Å². The Morgan fingerprint density at radius 1 is 1.24 bits per heavy atom. The van der Waals surface area contributed by atoms with Crippen LogP contribution >= 0.6 is 11.6 Å². The summed E-state index contributed by atoms with van der Waals surface area (Å²) in [4.78, 5) is 4.36. The third-order valence-corrected chi connectivity index (χ3v) is 4.75. The number of aliphatic hydroxyl groups excluding tert-OH is 1. The molecule has 130 valence electrons. The van der Waals surface area contributed by atoms with Crippen LogP contribution in [0.2, 0.25) is 5.02 Å². The molecule has 4 rings (SSSR count). The molecule has 0 bridgehead atoms. The van der Waals surface area contributed by atoms with Gasteiger partial charge < -0.3 is 15.5 Å². The summed E-state index contributed by atoms with van der Waals surface area (Å²) in [6, 6.07) is 5.01. The average molecular weight is 360 g/mol. The minimum Gasteiger partial charge on any atom is -0.507 e. The minimum absolute atomic E-state index is 0.0351. The van der Waals surface area contributed by atoms with Gasteiger partial charge in [-0.15, -0.1) is 10.2 Å². The van der Waals surface area contributed by atoms with Crippen molar-refractivity contribution in [3.63, 3.8) is 0 Å². The van der Waals surface area contributed by atoms with Crippen LogP contribution in [0.1, 0.15) is 25.7 Å². The number of nitrogens with zero attached hydrogens (tertiary/aromatic N) is 4. The first-order valence-corrected chi connectivity index (χ1v) is 8.63. The smallest absolute Gasteiger partial charge is 0.192 e. The molecule has 2 heterocycles. The topological polar surface area (TPSA) is 95.6 Å². The van der Waals surface area contributed by atoms with Crippen LogP contribution in [0.3, 0.4) is 0 Å². The highest BCUT2D eigenvalue weighted by Crippen LogP contribution is 2.31. The molecule has 25 heavy (non-hydrogen) atoms. The Bertz CT molecular complexity index is 913. The number of phenols is 1. The molecule has 8 heteroatoms. The molecule has 1 saturated carbocycles. The highest BCUT2D eigenvalue weighted by Gasteiger charge is 2.22. The standard InChI is InChI=1S/C17H18ClN5O2/c18-10-4-5-13(14(25)8-10)16-22-21-15(17-19-6-7-23(16)17)20-11-2-1-3-12(24)9-11/h4-8,11-12,24-25H,1-3,9H2,(H,20,21)/t11-,12-/m1/s1. The molecule has 1 aromatic carbocycles. The van der Waals surface area contributed by atoms with E-state index in [0.717, 1.165) is 19.3 Å². The second-order valence-corrected chi connectivity index (χ2v) is 6.75. The van der Waals surface area contributed by atoms with E-state index in [0.29, 0.717) is 34.3 Å². The van der Waals surface area contributed by atoms with Gasteiger partial charge in [0.25, 0.3) is 0 Å². The summed E-state index contributed by atoms with van der Waals surface area (Å²) >= 11 is 5.90. The number of fused-ring (bicyclic) bond motifs is 1. The van der Waals surface area contributed by atoms with Crippen LogP contribution in [-0.2, 0) is 0 Å². The number of halogens is 1. The molecular weight excluding hydrogens is 342 g/mol. The molecule has 0 saturated heterocycles. The maximum atomic E-state index is 10.2. The number of benzene rings is 1. The molecule has 0 aliphatic heterocycles. The Balaban J connectivity index is 1.71. The number of aromatic nitrogens is 4. The van der Waals surface area contributed by atoms with E-state index in [4.69, 9.17) is 11.6 Å². The predicted octanol–water partition coefficient (Wildman–Crippen LogP) is 2.87. The lowest BCUT2D eigenvalue weighted by Gasteiger charge is -2.27. The molecule has 1 aliphatic carbocycles. The van der Waals surface area contributed by atoms with Gasteiger partial charge in [-0.3, -0.25) is 4.40 Å². The number of hydrogen-bond donors (Lipinski definition) is 3. The molecular formula is C17H18ClN5O2. The number of rotatable bonds is 3. The van der Waals surface area contributed by atoms with Crippen molar-refractivity contribution in [1.82, 2.24) is 19.6 Å². The Morgan fingerprint density at radius 2 is 2.12 bits per heavy atom. The number of nitrogens with one attached hydrogen (secondary N) is 1. The monoisotopic (exact) mass is 359 g/mol. The van der Waals surface area contributed by atoms with E-state index >= 15 is 0 Å². The minimum atomic E-state index is -0.278. The summed E-state index contributed by atoms with van der Waals surface area (Å²) in [7, 11) is 0. The number of anilines is 1. The van der Waals surface area contributed by atoms with E-state index in [1.54, 1.807) is 28.9 Å². The number of imidazole rings is 1. The van der Waals surface area contributed by atoms with Crippen molar-refractivity contribution in [1.29, 1.82) is 0 Å². The van der Waals surface area contributed by atoms with Crippen LogP contribution in [0, 0.1) is 0 Å². The molecule has 0 amide bonds. The van der Waals surface area contributed by atoms with Gasteiger partial charge in [-0.2, -0.15) is 0 Å². The third kappa shape index (κ3) is 3.12. The Kier molecular flexibility index (Phi) is 4.19. The summed E-state index contributed by atoms with van der Waals surface area (Å²) in [5.74, 6) is 1.09. The van der Waals surface area contributed by atoms with Gasteiger partial charge in [0.2, 0.25) is 0 Å². The summed E-state index contributed by atoms with van der Waals surface area (Å²) in [6.45, 7) is 0. The SMILES string of the molecule is Oc1cc(Cl)ccc1-c1nnc(N[C@@H]2CCC[C@@H](O)C2)c2nccn12.